The first-order valence-corrected chi connectivity index (χ1v) is 8.69. The number of rotatable bonds is 7. The fraction of sp³-hybridized carbons (Fsp3) is 0.500. The molecule has 0 aliphatic carbocycles. The lowest BCUT2D eigenvalue weighted by atomic mass is 10.1. The molecule has 2 rings (SSSR count). The molecule has 6 nitrogen and oxygen atoms in total. The van der Waals surface area contributed by atoms with Crippen molar-refractivity contribution in [3.8, 4) is 0 Å². The van der Waals surface area contributed by atoms with Crippen LogP contribution in [0.1, 0.15) is 25.8 Å². The van der Waals surface area contributed by atoms with Gasteiger partial charge in [0.15, 0.2) is 6.61 Å². The molecule has 1 aliphatic rings. The van der Waals surface area contributed by atoms with Crippen LogP contribution in [-0.4, -0.2) is 42.4 Å². The average Bonchev–Trinajstić information content (AvgIpc) is 2.93. The molecule has 1 fully saturated rings. The minimum absolute atomic E-state index is 0.0941. The monoisotopic (exact) mass is 366 g/mol. The Balaban J connectivity index is 1.82. The Labute approximate surface area is 152 Å². The van der Waals surface area contributed by atoms with Crippen molar-refractivity contribution in [1.29, 1.82) is 0 Å². The van der Waals surface area contributed by atoms with Gasteiger partial charge in [0.2, 0.25) is 5.91 Å². The molecule has 0 aromatic heterocycles. The van der Waals surface area contributed by atoms with E-state index in [4.69, 9.17) is 16.3 Å². The molecular formula is C18H23ClN2O4. The first kappa shape index (κ1) is 19.2. The third-order valence-corrected chi connectivity index (χ3v) is 4.29. The van der Waals surface area contributed by atoms with Crippen molar-refractivity contribution >= 4 is 29.4 Å². The lowest BCUT2D eigenvalue weighted by Crippen LogP contribution is -2.33. The molecule has 1 aromatic carbocycles. The zero-order valence-electron chi connectivity index (χ0n) is 14.5. The van der Waals surface area contributed by atoms with Crippen molar-refractivity contribution in [3.05, 3.63) is 34.9 Å². The van der Waals surface area contributed by atoms with Crippen LogP contribution in [0.25, 0.3) is 0 Å². The number of amides is 2. The number of ether oxygens (including phenoxy) is 1. The third-order valence-electron chi connectivity index (χ3n) is 3.92. The molecule has 0 unspecified atom stereocenters. The molecule has 25 heavy (non-hydrogen) atoms. The van der Waals surface area contributed by atoms with Crippen LogP contribution < -0.4 is 5.32 Å². The number of hydrogen-bond acceptors (Lipinski definition) is 4. The van der Waals surface area contributed by atoms with Crippen LogP contribution in [0.15, 0.2) is 24.3 Å². The van der Waals surface area contributed by atoms with Crippen LogP contribution >= 0.6 is 11.6 Å². The zero-order chi connectivity index (χ0) is 18.4. The van der Waals surface area contributed by atoms with E-state index in [1.54, 1.807) is 11.0 Å². The van der Waals surface area contributed by atoms with Crippen molar-refractivity contribution in [2.45, 2.75) is 26.8 Å². The second kappa shape index (κ2) is 8.85. The standard InChI is InChI=1S/C18H23ClN2O4/c1-12(2)8-20-16(22)11-25-18(24)14-7-17(23)21(10-14)9-13-5-3-4-6-15(13)19/h3-6,12,14H,7-11H2,1-2H3,(H,20,22)/t14-/m0/s1. The van der Waals surface area contributed by atoms with Gasteiger partial charge in [-0.25, -0.2) is 0 Å². The van der Waals surface area contributed by atoms with E-state index in [2.05, 4.69) is 5.32 Å². The summed E-state index contributed by atoms with van der Waals surface area (Å²) in [7, 11) is 0. The Morgan fingerprint density at radius 1 is 1.36 bits per heavy atom. The zero-order valence-corrected chi connectivity index (χ0v) is 15.2. The van der Waals surface area contributed by atoms with Gasteiger partial charge in [-0.1, -0.05) is 43.6 Å². The van der Waals surface area contributed by atoms with E-state index in [0.29, 0.717) is 24.0 Å². The summed E-state index contributed by atoms with van der Waals surface area (Å²) in [6, 6.07) is 7.28. The van der Waals surface area contributed by atoms with Gasteiger partial charge in [-0.2, -0.15) is 0 Å². The average molecular weight is 367 g/mol. The lowest BCUT2D eigenvalue weighted by Gasteiger charge is -2.17. The maximum atomic E-state index is 12.1. The predicted octanol–water partition coefficient (Wildman–Crippen LogP) is 2.00. The highest BCUT2D eigenvalue weighted by atomic mass is 35.5. The summed E-state index contributed by atoms with van der Waals surface area (Å²) in [5.74, 6) is -1.20. The molecule has 1 heterocycles. The van der Waals surface area contributed by atoms with Gasteiger partial charge in [-0.05, 0) is 17.5 Å². The molecule has 1 aliphatic heterocycles. The maximum absolute atomic E-state index is 12.1. The Hall–Kier alpha value is -2.08. The minimum atomic E-state index is -0.548. The molecule has 1 N–H and O–H groups in total. The summed E-state index contributed by atoms with van der Waals surface area (Å²) in [5.41, 5.74) is 0.833. The minimum Gasteiger partial charge on any atom is -0.455 e. The SMILES string of the molecule is CC(C)CNC(=O)COC(=O)[C@H]1CC(=O)N(Cc2ccccc2Cl)C1. The topological polar surface area (TPSA) is 75.7 Å². The summed E-state index contributed by atoms with van der Waals surface area (Å²) in [6.07, 6.45) is 0.0941. The Morgan fingerprint density at radius 2 is 2.08 bits per heavy atom. The van der Waals surface area contributed by atoms with Crippen LogP contribution in [0.2, 0.25) is 5.02 Å². The normalized spacial score (nSPS) is 17.0. The van der Waals surface area contributed by atoms with Crippen molar-refractivity contribution in [3.63, 3.8) is 0 Å². The number of carbonyl (C=O) groups excluding carboxylic acids is 3. The van der Waals surface area contributed by atoms with Crippen molar-refractivity contribution in [1.82, 2.24) is 10.2 Å². The maximum Gasteiger partial charge on any atom is 0.311 e. The van der Waals surface area contributed by atoms with Gasteiger partial charge in [0.05, 0.1) is 5.92 Å². The van der Waals surface area contributed by atoms with Crippen molar-refractivity contribution in [2.24, 2.45) is 11.8 Å². The van der Waals surface area contributed by atoms with Gasteiger partial charge in [0, 0.05) is 31.1 Å². The smallest absolute Gasteiger partial charge is 0.311 e. The van der Waals surface area contributed by atoms with Crippen molar-refractivity contribution in [2.75, 3.05) is 19.7 Å². The first-order chi connectivity index (χ1) is 11.9. The Morgan fingerprint density at radius 3 is 2.76 bits per heavy atom. The number of likely N-dealkylation sites (tertiary alicyclic amines) is 1. The second-order valence-corrected chi connectivity index (χ2v) is 6.98. The van der Waals surface area contributed by atoms with Gasteiger partial charge in [-0.15, -0.1) is 0 Å². The lowest BCUT2D eigenvalue weighted by molar-refractivity contribution is -0.152. The van der Waals surface area contributed by atoms with Crippen LogP contribution in [0.3, 0.4) is 0 Å². The quantitative estimate of drug-likeness (QED) is 0.749. The number of hydrogen-bond donors (Lipinski definition) is 1. The number of nitrogens with one attached hydrogen (secondary N) is 1. The molecule has 1 atom stereocenters. The van der Waals surface area contributed by atoms with E-state index < -0.39 is 11.9 Å². The van der Waals surface area contributed by atoms with Gasteiger partial charge in [-0.3, -0.25) is 14.4 Å². The number of esters is 1. The van der Waals surface area contributed by atoms with E-state index in [1.165, 1.54) is 0 Å². The molecule has 0 saturated carbocycles. The number of halogens is 1. The van der Waals surface area contributed by atoms with Crippen LogP contribution in [-0.2, 0) is 25.7 Å². The highest BCUT2D eigenvalue weighted by Crippen LogP contribution is 2.24. The molecule has 1 saturated heterocycles. The van der Waals surface area contributed by atoms with E-state index in [-0.39, 0.29) is 31.4 Å². The molecule has 2 amide bonds. The van der Waals surface area contributed by atoms with Crippen LogP contribution in [0.4, 0.5) is 0 Å². The van der Waals surface area contributed by atoms with E-state index in [0.717, 1.165) is 5.56 Å². The number of carbonyl (C=O) groups is 3. The summed E-state index contributed by atoms with van der Waals surface area (Å²) in [4.78, 5) is 37.4. The fourth-order valence-electron chi connectivity index (χ4n) is 2.54. The Kier molecular flexibility index (Phi) is 6.82. The molecule has 7 heteroatoms. The molecule has 1 aromatic rings. The fourth-order valence-corrected chi connectivity index (χ4v) is 2.73. The van der Waals surface area contributed by atoms with Crippen molar-refractivity contribution < 1.29 is 19.1 Å². The first-order valence-electron chi connectivity index (χ1n) is 8.31. The highest BCUT2D eigenvalue weighted by molar-refractivity contribution is 6.31. The van der Waals surface area contributed by atoms with Gasteiger partial charge in [0.25, 0.3) is 5.91 Å². The van der Waals surface area contributed by atoms with E-state index >= 15 is 0 Å². The largest absolute Gasteiger partial charge is 0.455 e. The van der Waals surface area contributed by atoms with Gasteiger partial charge < -0.3 is 15.0 Å². The van der Waals surface area contributed by atoms with Gasteiger partial charge >= 0.3 is 5.97 Å². The summed E-state index contributed by atoms with van der Waals surface area (Å²) in [5, 5.41) is 3.26. The summed E-state index contributed by atoms with van der Waals surface area (Å²) < 4.78 is 5.03. The molecule has 0 radical (unpaired) electrons. The predicted molar refractivity (Wildman–Crippen MR) is 93.8 cm³/mol. The third kappa shape index (κ3) is 5.74. The summed E-state index contributed by atoms with van der Waals surface area (Å²) in [6.45, 7) is 4.80. The molecule has 0 bridgehead atoms. The van der Waals surface area contributed by atoms with E-state index in [9.17, 15) is 14.4 Å². The number of benzene rings is 1. The molecule has 0 spiro atoms. The summed E-state index contributed by atoms with van der Waals surface area (Å²) >= 11 is 6.11. The van der Waals surface area contributed by atoms with E-state index in [1.807, 2.05) is 32.0 Å². The van der Waals surface area contributed by atoms with Crippen LogP contribution in [0, 0.1) is 11.8 Å². The number of nitrogens with zero attached hydrogens (tertiary/aromatic N) is 1. The highest BCUT2D eigenvalue weighted by Gasteiger charge is 2.35. The Bertz CT molecular complexity index is 648. The molecular weight excluding hydrogens is 344 g/mol. The second-order valence-electron chi connectivity index (χ2n) is 6.57. The molecule has 136 valence electrons. The van der Waals surface area contributed by atoms with Crippen LogP contribution in [0.5, 0.6) is 0 Å². The van der Waals surface area contributed by atoms with Gasteiger partial charge in [0.1, 0.15) is 0 Å².